The van der Waals surface area contributed by atoms with Gasteiger partial charge in [-0.3, -0.25) is 9.69 Å². The van der Waals surface area contributed by atoms with Gasteiger partial charge in [0, 0.05) is 45.0 Å². The molecule has 2 heterocycles. The number of piperazine rings is 1. The lowest BCUT2D eigenvalue weighted by Crippen LogP contribution is -2.58. The Morgan fingerprint density at radius 2 is 1.48 bits per heavy atom. The number of anilines is 1. The second kappa shape index (κ2) is 9.11. The molecule has 6 nitrogen and oxygen atoms in total. The third kappa shape index (κ3) is 4.71. The van der Waals surface area contributed by atoms with E-state index >= 15 is 0 Å². The molecule has 1 atom stereocenters. The van der Waals surface area contributed by atoms with Crippen molar-refractivity contribution in [2.75, 3.05) is 44.6 Å². The molecule has 1 saturated carbocycles. The van der Waals surface area contributed by atoms with E-state index in [9.17, 15) is 14.0 Å². The van der Waals surface area contributed by atoms with Crippen molar-refractivity contribution in [2.24, 2.45) is 5.92 Å². The van der Waals surface area contributed by atoms with E-state index in [4.69, 9.17) is 0 Å². The average molecular weight is 403 g/mol. The Bertz CT molecular complexity index is 706. The monoisotopic (exact) mass is 402 g/mol. The molecule has 158 valence electrons. The Labute approximate surface area is 172 Å². The van der Waals surface area contributed by atoms with Gasteiger partial charge in [-0.15, -0.1) is 0 Å². The zero-order valence-corrected chi connectivity index (χ0v) is 17.0. The summed E-state index contributed by atoms with van der Waals surface area (Å²) in [6.45, 7) is 4.42. The quantitative estimate of drug-likeness (QED) is 0.842. The Morgan fingerprint density at radius 3 is 2.10 bits per heavy atom. The number of amides is 3. The number of nitrogens with zero attached hydrogens (tertiary/aromatic N) is 3. The van der Waals surface area contributed by atoms with Crippen molar-refractivity contribution in [3.63, 3.8) is 0 Å². The van der Waals surface area contributed by atoms with E-state index in [-0.39, 0.29) is 17.9 Å². The lowest BCUT2D eigenvalue weighted by molar-refractivity contribution is -0.138. The number of hydrogen-bond acceptors (Lipinski definition) is 3. The third-order valence-electron chi connectivity index (χ3n) is 6.61. The van der Waals surface area contributed by atoms with Crippen molar-refractivity contribution in [1.82, 2.24) is 14.7 Å². The van der Waals surface area contributed by atoms with E-state index in [1.54, 1.807) is 17.0 Å². The Kier molecular flexibility index (Phi) is 6.33. The minimum Gasteiger partial charge on any atom is -0.341 e. The zero-order valence-electron chi connectivity index (χ0n) is 17.0. The fourth-order valence-corrected chi connectivity index (χ4v) is 4.99. The number of nitrogens with one attached hydrogen (secondary N) is 1. The van der Waals surface area contributed by atoms with Crippen LogP contribution in [0.25, 0.3) is 0 Å². The lowest BCUT2D eigenvalue weighted by atomic mass is 9.94. The molecule has 29 heavy (non-hydrogen) atoms. The molecule has 7 heteroatoms. The number of urea groups is 1. The molecule has 3 aliphatic rings. The van der Waals surface area contributed by atoms with E-state index in [1.807, 2.05) is 0 Å². The van der Waals surface area contributed by atoms with Gasteiger partial charge in [0.1, 0.15) is 5.82 Å². The molecule has 1 aromatic carbocycles. The van der Waals surface area contributed by atoms with Crippen LogP contribution in [0.1, 0.15) is 38.5 Å². The average Bonchev–Trinajstić information content (AvgIpc) is 3.45. The van der Waals surface area contributed by atoms with Gasteiger partial charge in [0.2, 0.25) is 5.91 Å². The standard InChI is InChI=1S/C22H31FN4O2/c23-18-7-9-19(10-8-18)24-22(29)27-15-13-25(14-16-27)20(17-5-1-2-6-17)21(28)26-11-3-4-12-26/h7-10,17,20H,1-6,11-16H2,(H,24,29). The van der Waals surface area contributed by atoms with Crippen LogP contribution in [0.5, 0.6) is 0 Å². The van der Waals surface area contributed by atoms with Crippen LogP contribution < -0.4 is 5.32 Å². The molecule has 1 unspecified atom stereocenters. The first-order valence-electron chi connectivity index (χ1n) is 11.0. The summed E-state index contributed by atoms with van der Waals surface area (Å²) in [6.07, 6.45) is 6.93. The summed E-state index contributed by atoms with van der Waals surface area (Å²) in [6, 6.07) is 5.60. The molecule has 2 saturated heterocycles. The van der Waals surface area contributed by atoms with Crippen molar-refractivity contribution in [2.45, 2.75) is 44.6 Å². The number of rotatable bonds is 4. The highest BCUT2D eigenvalue weighted by Crippen LogP contribution is 2.32. The summed E-state index contributed by atoms with van der Waals surface area (Å²) >= 11 is 0. The van der Waals surface area contributed by atoms with Gasteiger partial charge in [-0.1, -0.05) is 12.8 Å². The van der Waals surface area contributed by atoms with Gasteiger partial charge in [-0.25, -0.2) is 9.18 Å². The van der Waals surface area contributed by atoms with Crippen LogP contribution in [-0.2, 0) is 4.79 Å². The van der Waals surface area contributed by atoms with Crippen molar-refractivity contribution in [3.05, 3.63) is 30.1 Å². The molecule has 3 amide bonds. The first-order chi connectivity index (χ1) is 14.1. The number of benzene rings is 1. The molecule has 3 fully saturated rings. The minimum absolute atomic E-state index is 0.0297. The highest BCUT2D eigenvalue weighted by molar-refractivity contribution is 5.89. The van der Waals surface area contributed by atoms with Gasteiger partial charge >= 0.3 is 6.03 Å². The van der Waals surface area contributed by atoms with Gasteiger partial charge in [-0.05, 0) is 55.9 Å². The van der Waals surface area contributed by atoms with Crippen molar-refractivity contribution in [3.8, 4) is 0 Å². The molecule has 4 rings (SSSR count). The third-order valence-corrected chi connectivity index (χ3v) is 6.61. The number of carbonyl (C=O) groups is 2. The second-order valence-electron chi connectivity index (χ2n) is 8.48. The van der Waals surface area contributed by atoms with Crippen LogP contribution in [0.2, 0.25) is 0 Å². The molecular formula is C22H31FN4O2. The van der Waals surface area contributed by atoms with Crippen LogP contribution in [-0.4, -0.2) is 71.9 Å². The van der Waals surface area contributed by atoms with Gasteiger partial charge in [0.25, 0.3) is 0 Å². The van der Waals surface area contributed by atoms with Crippen LogP contribution in [0.4, 0.5) is 14.9 Å². The maximum Gasteiger partial charge on any atom is 0.321 e. The first kappa shape index (κ1) is 20.1. The summed E-state index contributed by atoms with van der Waals surface area (Å²) in [7, 11) is 0. The fourth-order valence-electron chi connectivity index (χ4n) is 4.99. The lowest BCUT2D eigenvalue weighted by Gasteiger charge is -2.41. The van der Waals surface area contributed by atoms with E-state index in [0.717, 1.165) is 51.9 Å². The number of hydrogen-bond donors (Lipinski definition) is 1. The Balaban J connectivity index is 1.36. The predicted molar refractivity (Wildman–Crippen MR) is 110 cm³/mol. The van der Waals surface area contributed by atoms with Crippen molar-refractivity contribution < 1.29 is 14.0 Å². The fraction of sp³-hybridized carbons (Fsp3) is 0.636. The van der Waals surface area contributed by atoms with Gasteiger partial charge in [-0.2, -0.15) is 0 Å². The molecular weight excluding hydrogens is 371 g/mol. The molecule has 0 aromatic heterocycles. The van der Waals surface area contributed by atoms with Crippen molar-refractivity contribution in [1.29, 1.82) is 0 Å². The SMILES string of the molecule is O=C(Nc1ccc(F)cc1)N1CCN(C(C(=O)N2CCCC2)C2CCCC2)CC1. The van der Waals surface area contributed by atoms with Crippen LogP contribution in [0, 0.1) is 11.7 Å². The second-order valence-corrected chi connectivity index (χ2v) is 8.48. The molecule has 0 radical (unpaired) electrons. The van der Waals surface area contributed by atoms with Crippen LogP contribution in [0.3, 0.4) is 0 Å². The number of carbonyl (C=O) groups excluding carboxylic acids is 2. The van der Waals surface area contributed by atoms with Crippen LogP contribution in [0.15, 0.2) is 24.3 Å². The van der Waals surface area contributed by atoms with E-state index in [1.165, 1.54) is 25.0 Å². The van der Waals surface area contributed by atoms with Crippen molar-refractivity contribution >= 4 is 17.6 Å². The Hall–Kier alpha value is -2.15. The summed E-state index contributed by atoms with van der Waals surface area (Å²) < 4.78 is 13.0. The molecule has 0 bridgehead atoms. The summed E-state index contributed by atoms with van der Waals surface area (Å²) in [5.41, 5.74) is 0.590. The normalized spacial score (nSPS) is 22.1. The molecule has 1 N–H and O–H groups in total. The molecule has 1 aromatic rings. The first-order valence-corrected chi connectivity index (χ1v) is 11.0. The summed E-state index contributed by atoms with van der Waals surface area (Å²) in [5.74, 6) is 0.429. The van der Waals surface area contributed by atoms with E-state index in [2.05, 4.69) is 15.1 Å². The smallest absolute Gasteiger partial charge is 0.321 e. The topological polar surface area (TPSA) is 55.9 Å². The van der Waals surface area contributed by atoms with Crippen LogP contribution >= 0.6 is 0 Å². The van der Waals surface area contributed by atoms with E-state index in [0.29, 0.717) is 30.6 Å². The highest BCUT2D eigenvalue weighted by Gasteiger charge is 2.39. The summed E-state index contributed by atoms with van der Waals surface area (Å²) in [4.78, 5) is 32.0. The Morgan fingerprint density at radius 1 is 0.862 bits per heavy atom. The molecule has 0 spiro atoms. The molecule has 1 aliphatic carbocycles. The van der Waals surface area contributed by atoms with Gasteiger partial charge in [0.15, 0.2) is 0 Å². The number of likely N-dealkylation sites (tertiary alicyclic amines) is 1. The molecule has 2 aliphatic heterocycles. The van der Waals surface area contributed by atoms with E-state index < -0.39 is 0 Å². The van der Waals surface area contributed by atoms with Gasteiger partial charge in [0.05, 0.1) is 6.04 Å². The minimum atomic E-state index is -0.322. The number of halogens is 1. The van der Waals surface area contributed by atoms with Gasteiger partial charge < -0.3 is 15.1 Å². The predicted octanol–water partition coefficient (Wildman–Crippen LogP) is 3.16. The maximum atomic E-state index is 13.3. The highest BCUT2D eigenvalue weighted by atomic mass is 19.1. The maximum absolute atomic E-state index is 13.3. The summed E-state index contributed by atoms with van der Waals surface area (Å²) in [5, 5.41) is 2.83. The zero-order chi connectivity index (χ0) is 20.2. The largest absolute Gasteiger partial charge is 0.341 e.